The zero-order chi connectivity index (χ0) is 20.7. The molecule has 0 spiro atoms. The lowest BCUT2D eigenvalue weighted by molar-refractivity contribution is 0.0606. The molecule has 0 saturated carbocycles. The van der Waals surface area contributed by atoms with Gasteiger partial charge in [-0.2, -0.15) is 0 Å². The molecule has 1 atom stereocenters. The van der Waals surface area contributed by atoms with E-state index in [1.54, 1.807) is 12.1 Å². The minimum atomic E-state index is -0.100. The van der Waals surface area contributed by atoms with Gasteiger partial charge < -0.3 is 9.47 Å². The molecule has 3 aromatic carbocycles. The number of benzene rings is 3. The van der Waals surface area contributed by atoms with Crippen molar-refractivity contribution < 1.29 is 14.3 Å². The van der Waals surface area contributed by atoms with Crippen LogP contribution in [0.1, 0.15) is 40.0 Å². The predicted molar refractivity (Wildman–Crippen MR) is 119 cm³/mol. The third-order valence-electron chi connectivity index (χ3n) is 5.67. The normalized spacial score (nSPS) is 17.8. The molecular weight excluding hydrogens is 442 g/mol. The molecule has 3 aromatic rings. The van der Waals surface area contributed by atoms with Gasteiger partial charge in [-0.25, -0.2) is 0 Å². The van der Waals surface area contributed by atoms with Gasteiger partial charge in [-0.1, -0.05) is 64.5 Å². The van der Waals surface area contributed by atoms with E-state index in [1.807, 2.05) is 48.5 Å². The van der Waals surface area contributed by atoms with Crippen molar-refractivity contribution in [1.29, 1.82) is 0 Å². The smallest absolute Gasteiger partial charge is 0.231 e. The number of carbonyl (C=O) groups is 1. The van der Waals surface area contributed by atoms with Crippen molar-refractivity contribution in [3.05, 3.63) is 99.2 Å². The second-order valence-corrected chi connectivity index (χ2v) is 8.34. The fourth-order valence-corrected chi connectivity index (χ4v) is 4.30. The Morgan fingerprint density at radius 2 is 1.80 bits per heavy atom. The van der Waals surface area contributed by atoms with Crippen molar-refractivity contribution in [2.45, 2.75) is 19.5 Å². The van der Waals surface area contributed by atoms with E-state index in [9.17, 15) is 4.79 Å². The van der Waals surface area contributed by atoms with Crippen LogP contribution in [-0.2, 0) is 6.54 Å². The van der Waals surface area contributed by atoms with Crippen molar-refractivity contribution in [3.63, 3.8) is 0 Å². The molecule has 2 aliphatic rings. The molecule has 0 N–H and O–H groups in total. The molecule has 5 heteroatoms. The van der Waals surface area contributed by atoms with Crippen molar-refractivity contribution in [1.82, 2.24) is 4.90 Å². The number of hydrogen-bond acceptors (Lipinski definition) is 4. The van der Waals surface area contributed by atoms with E-state index < -0.39 is 0 Å². The van der Waals surface area contributed by atoms with E-state index in [1.165, 1.54) is 5.56 Å². The summed E-state index contributed by atoms with van der Waals surface area (Å²) in [5, 5.41) is 0. The van der Waals surface area contributed by atoms with Gasteiger partial charge in [0, 0.05) is 17.1 Å². The van der Waals surface area contributed by atoms with Crippen molar-refractivity contribution in [2.24, 2.45) is 0 Å². The van der Waals surface area contributed by atoms with Crippen LogP contribution in [0.3, 0.4) is 0 Å². The standard InChI is InChI=1S/C25H20BrNO3/c1-16(17-7-3-2-4-8-17)27-14-20-22(29-15-27)12-11-19-24(28)23(30-25(19)20)13-18-9-5-6-10-21(18)26/h2-13,16H,14-15H2,1H3/b23-13-. The topological polar surface area (TPSA) is 38.8 Å². The quantitative estimate of drug-likeness (QED) is 0.449. The molecule has 0 amide bonds. The van der Waals surface area contributed by atoms with Crippen molar-refractivity contribution >= 4 is 27.8 Å². The fraction of sp³-hybridized carbons (Fsp3) is 0.160. The molecule has 0 saturated heterocycles. The average Bonchev–Trinajstić information content (AvgIpc) is 3.11. The van der Waals surface area contributed by atoms with E-state index in [2.05, 4.69) is 39.9 Å². The van der Waals surface area contributed by atoms with Gasteiger partial charge >= 0.3 is 0 Å². The lowest BCUT2D eigenvalue weighted by atomic mass is 10.0. The molecule has 30 heavy (non-hydrogen) atoms. The maximum atomic E-state index is 13.0. The number of nitrogens with zero attached hydrogens (tertiary/aromatic N) is 1. The lowest BCUT2D eigenvalue weighted by Gasteiger charge is -2.34. The number of hydrogen-bond donors (Lipinski definition) is 0. The van der Waals surface area contributed by atoms with Crippen LogP contribution in [0.2, 0.25) is 0 Å². The van der Waals surface area contributed by atoms with Crippen LogP contribution in [-0.4, -0.2) is 17.4 Å². The Labute approximate surface area is 183 Å². The number of ether oxygens (including phenoxy) is 2. The first-order valence-electron chi connectivity index (χ1n) is 9.88. The number of Topliss-reactive ketones (excluding diaryl/α,β-unsaturated/α-hetero) is 1. The van der Waals surface area contributed by atoms with Gasteiger partial charge in [0.1, 0.15) is 18.2 Å². The fourth-order valence-electron chi connectivity index (χ4n) is 3.90. The largest absolute Gasteiger partial charge is 0.478 e. The van der Waals surface area contributed by atoms with Gasteiger partial charge in [0.2, 0.25) is 5.78 Å². The SMILES string of the molecule is CC(c1ccccc1)N1COc2ccc3c(c2C1)O/C(=C\c1ccccc1Br)C3=O. The van der Waals surface area contributed by atoms with E-state index in [0.717, 1.165) is 21.3 Å². The van der Waals surface area contributed by atoms with Gasteiger partial charge in [0.25, 0.3) is 0 Å². The number of fused-ring (bicyclic) bond motifs is 3. The summed E-state index contributed by atoms with van der Waals surface area (Å²) in [7, 11) is 0. The average molecular weight is 462 g/mol. The Morgan fingerprint density at radius 1 is 1.03 bits per heavy atom. The molecule has 0 aromatic heterocycles. The Bertz CT molecular complexity index is 1160. The van der Waals surface area contributed by atoms with Crippen LogP contribution in [0.5, 0.6) is 11.5 Å². The molecule has 1 unspecified atom stereocenters. The van der Waals surface area contributed by atoms with Crippen LogP contribution in [0, 0.1) is 0 Å². The van der Waals surface area contributed by atoms with Gasteiger partial charge in [0.05, 0.1) is 11.1 Å². The Balaban J connectivity index is 1.47. The summed E-state index contributed by atoms with van der Waals surface area (Å²) in [6.07, 6.45) is 1.78. The van der Waals surface area contributed by atoms with Crippen LogP contribution >= 0.6 is 15.9 Å². The zero-order valence-electron chi connectivity index (χ0n) is 16.5. The van der Waals surface area contributed by atoms with Gasteiger partial charge in [0.15, 0.2) is 5.76 Å². The Kier molecular flexibility index (Phi) is 4.93. The maximum absolute atomic E-state index is 13.0. The highest BCUT2D eigenvalue weighted by molar-refractivity contribution is 9.10. The van der Waals surface area contributed by atoms with Crippen LogP contribution in [0.15, 0.2) is 77.0 Å². The van der Waals surface area contributed by atoms with Crippen LogP contribution in [0.25, 0.3) is 6.08 Å². The number of rotatable bonds is 3. The van der Waals surface area contributed by atoms with E-state index >= 15 is 0 Å². The first kappa shape index (κ1) is 19.1. The molecule has 2 heterocycles. The highest BCUT2D eigenvalue weighted by atomic mass is 79.9. The Morgan fingerprint density at radius 3 is 2.60 bits per heavy atom. The molecule has 0 bridgehead atoms. The Hall–Kier alpha value is -2.89. The second-order valence-electron chi connectivity index (χ2n) is 7.49. The molecule has 0 radical (unpaired) electrons. The first-order valence-corrected chi connectivity index (χ1v) is 10.7. The molecule has 0 aliphatic carbocycles. The van der Waals surface area contributed by atoms with E-state index in [0.29, 0.717) is 30.3 Å². The van der Waals surface area contributed by atoms with Gasteiger partial charge in [-0.05, 0) is 42.3 Å². The summed E-state index contributed by atoms with van der Waals surface area (Å²) in [6, 6.07) is 22.0. The molecule has 4 nitrogen and oxygen atoms in total. The highest BCUT2D eigenvalue weighted by Crippen LogP contribution is 2.43. The minimum absolute atomic E-state index is 0.100. The summed E-state index contributed by atoms with van der Waals surface area (Å²) < 4.78 is 13.0. The summed E-state index contributed by atoms with van der Waals surface area (Å²) >= 11 is 3.53. The van der Waals surface area contributed by atoms with Crippen molar-refractivity contribution in [3.8, 4) is 11.5 Å². The second kappa shape index (κ2) is 7.74. The third-order valence-corrected chi connectivity index (χ3v) is 6.39. The van der Waals surface area contributed by atoms with Gasteiger partial charge in [-0.15, -0.1) is 0 Å². The predicted octanol–water partition coefficient (Wildman–Crippen LogP) is 5.98. The molecule has 0 fully saturated rings. The molecule has 2 aliphatic heterocycles. The maximum Gasteiger partial charge on any atom is 0.231 e. The molecular formula is C25H20BrNO3. The third kappa shape index (κ3) is 3.34. The lowest BCUT2D eigenvalue weighted by Crippen LogP contribution is -2.34. The summed E-state index contributed by atoms with van der Waals surface area (Å²) in [5.41, 5.74) is 3.64. The summed E-state index contributed by atoms with van der Waals surface area (Å²) in [4.78, 5) is 15.2. The number of carbonyl (C=O) groups excluding carboxylic acids is 1. The van der Waals surface area contributed by atoms with Crippen LogP contribution in [0.4, 0.5) is 0 Å². The number of halogens is 1. The van der Waals surface area contributed by atoms with Crippen LogP contribution < -0.4 is 9.47 Å². The summed E-state index contributed by atoms with van der Waals surface area (Å²) in [5.74, 6) is 1.62. The first-order chi connectivity index (χ1) is 14.6. The van der Waals surface area contributed by atoms with E-state index in [4.69, 9.17) is 9.47 Å². The molecule has 150 valence electrons. The minimum Gasteiger partial charge on any atom is -0.478 e. The number of ketones is 1. The zero-order valence-corrected chi connectivity index (χ0v) is 18.1. The highest BCUT2D eigenvalue weighted by Gasteiger charge is 2.34. The van der Waals surface area contributed by atoms with Crippen molar-refractivity contribution in [2.75, 3.05) is 6.73 Å². The number of allylic oxidation sites excluding steroid dienone is 1. The van der Waals surface area contributed by atoms with Gasteiger partial charge in [-0.3, -0.25) is 9.69 Å². The van der Waals surface area contributed by atoms with E-state index in [-0.39, 0.29) is 11.8 Å². The molecule has 5 rings (SSSR count). The monoisotopic (exact) mass is 461 g/mol. The summed E-state index contributed by atoms with van der Waals surface area (Å²) in [6.45, 7) is 3.32.